The van der Waals surface area contributed by atoms with Gasteiger partial charge in [-0.2, -0.15) is 0 Å². The molecule has 3 heteroatoms. The number of hydrogen-bond donors (Lipinski definition) is 1. The van der Waals surface area contributed by atoms with Crippen molar-refractivity contribution in [2.24, 2.45) is 0 Å². The number of nitrogens with zero attached hydrogens (tertiary/aromatic N) is 1. The Morgan fingerprint density at radius 2 is 2.00 bits per heavy atom. The maximum atomic E-state index is 5.34. The summed E-state index contributed by atoms with van der Waals surface area (Å²) in [5.74, 6) is 0. The van der Waals surface area contributed by atoms with Crippen molar-refractivity contribution in [3.63, 3.8) is 0 Å². The first-order valence-electron chi connectivity index (χ1n) is 6.39. The topological polar surface area (TPSA) is 24.5 Å². The summed E-state index contributed by atoms with van der Waals surface area (Å²) in [7, 11) is 0. The summed E-state index contributed by atoms with van der Waals surface area (Å²) >= 11 is 0. The van der Waals surface area contributed by atoms with Gasteiger partial charge in [-0.3, -0.25) is 4.90 Å². The van der Waals surface area contributed by atoms with Gasteiger partial charge in [0.25, 0.3) is 0 Å². The van der Waals surface area contributed by atoms with Crippen molar-refractivity contribution in [3.8, 4) is 0 Å². The van der Waals surface area contributed by atoms with Crippen molar-refractivity contribution in [3.05, 3.63) is 12.7 Å². The second-order valence-electron chi connectivity index (χ2n) is 4.75. The molecule has 1 fully saturated rings. The molecule has 0 radical (unpaired) electrons. The summed E-state index contributed by atoms with van der Waals surface area (Å²) in [6.07, 6.45) is 4.26. The van der Waals surface area contributed by atoms with Gasteiger partial charge in [0.1, 0.15) is 0 Å². The molecule has 1 aliphatic rings. The van der Waals surface area contributed by atoms with Crippen molar-refractivity contribution < 1.29 is 4.74 Å². The van der Waals surface area contributed by atoms with Crippen molar-refractivity contribution in [1.29, 1.82) is 0 Å². The van der Waals surface area contributed by atoms with Gasteiger partial charge >= 0.3 is 0 Å². The maximum Gasteiger partial charge on any atom is 0.0594 e. The van der Waals surface area contributed by atoms with Crippen LogP contribution >= 0.6 is 0 Å². The first-order chi connectivity index (χ1) is 7.72. The molecule has 0 saturated carbocycles. The smallest absolute Gasteiger partial charge is 0.0594 e. The Labute approximate surface area is 99.8 Å². The third kappa shape index (κ3) is 5.64. The lowest BCUT2D eigenvalue weighted by molar-refractivity contribution is 0.0339. The first-order valence-corrected chi connectivity index (χ1v) is 6.39. The molecule has 1 saturated heterocycles. The molecule has 94 valence electrons. The number of hydrogen-bond acceptors (Lipinski definition) is 3. The van der Waals surface area contributed by atoms with Crippen molar-refractivity contribution >= 4 is 0 Å². The Balaban J connectivity index is 2.13. The number of nitrogens with one attached hydrogen (secondary N) is 1. The van der Waals surface area contributed by atoms with Crippen LogP contribution in [0.25, 0.3) is 0 Å². The lowest BCUT2D eigenvalue weighted by Gasteiger charge is -2.30. The molecule has 2 atom stereocenters. The fraction of sp³-hybridized carbons (Fsp3) is 0.846. The summed E-state index contributed by atoms with van der Waals surface area (Å²) < 4.78 is 5.34. The van der Waals surface area contributed by atoms with Gasteiger partial charge in [0.05, 0.1) is 13.2 Å². The predicted molar refractivity (Wildman–Crippen MR) is 68.7 cm³/mol. The molecule has 2 unspecified atom stereocenters. The van der Waals surface area contributed by atoms with Gasteiger partial charge in [-0.15, -0.1) is 6.58 Å². The molecule has 3 nitrogen and oxygen atoms in total. The number of allylic oxidation sites excluding steroid dienone is 1. The van der Waals surface area contributed by atoms with Crippen LogP contribution in [-0.4, -0.2) is 49.8 Å². The first kappa shape index (κ1) is 13.7. The van der Waals surface area contributed by atoms with E-state index in [1.54, 1.807) is 0 Å². The van der Waals surface area contributed by atoms with Crippen molar-refractivity contribution in [2.75, 3.05) is 32.8 Å². The molecule has 0 aromatic heterocycles. The van der Waals surface area contributed by atoms with Crippen LogP contribution < -0.4 is 5.32 Å². The Kier molecular flexibility index (Phi) is 6.69. The minimum atomic E-state index is 0.554. The van der Waals surface area contributed by atoms with Crippen LogP contribution in [0.1, 0.15) is 26.7 Å². The Bertz CT molecular complexity index is 190. The van der Waals surface area contributed by atoms with Gasteiger partial charge < -0.3 is 10.1 Å². The fourth-order valence-corrected chi connectivity index (χ4v) is 2.16. The van der Waals surface area contributed by atoms with E-state index in [-0.39, 0.29) is 0 Å². The van der Waals surface area contributed by atoms with Crippen LogP contribution in [-0.2, 0) is 4.74 Å². The summed E-state index contributed by atoms with van der Waals surface area (Å²) in [4.78, 5) is 2.47. The van der Waals surface area contributed by atoms with Crippen molar-refractivity contribution in [2.45, 2.75) is 38.8 Å². The van der Waals surface area contributed by atoms with E-state index < -0.39 is 0 Å². The average molecular weight is 226 g/mol. The molecular formula is C13H26N2O. The quantitative estimate of drug-likeness (QED) is 0.668. The van der Waals surface area contributed by atoms with Crippen molar-refractivity contribution in [1.82, 2.24) is 10.2 Å². The highest BCUT2D eigenvalue weighted by molar-refractivity contribution is 4.76. The van der Waals surface area contributed by atoms with E-state index in [9.17, 15) is 0 Å². The van der Waals surface area contributed by atoms with E-state index in [1.807, 2.05) is 6.08 Å². The largest absolute Gasteiger partial charge is 0.379 e. The summed E-state index contributed by atoms with van der Waals surface area (Å²) in [6, 6.07) is 1.13. The molecular weight excluding hydrogens is 200 g/mol. The molecule has 0 spiro atoms. The van der Waals surface area contributed by atoms with E-state index in [1.165, 1.54) is 6.42 Å². The zero-order valence-corrected chi connectivity index (χ0v) is 10.7. The minimum Gasteiger partial charge on any atom is -0.379 e. The second kappa shape index (κ2) is 7.82. The highest BCUT2D eigenvalue weighted by Crippen LogP contribution is 2.02. The zero-order valence-electron chi connectivity index (χ0n) is 10.7. The van der Waals surface area contributed by atoms with Crippen LogP contribution in [0.15, 0.2) is 12.7 Å². The van der Waals surface area contributed by atoms with Gasteiger partial charge in [0, 0.05) is 31.7 Å². The summed E-state index contributed by atoms with van der Waals surface area (Å²) in [5.41, 5.74) is 0. The fourth-order valence-electron chi connectivity index (χ4n) is 2.16. The third-order valence-corrected chi connectivity index (χ3v) is 3.01. The molecule has 1 heterocycles. The van der Waals surface area contributed by atoms with Crippen LogP contribution in [0, 0.1) is 0 Å². The second-order valence-corrected chi connectivity index (χ2v) is 4.75. The van der Waals surface area contributed by atoms with E-state index in [0.717, 1.165) is 39.3 Å². The third-order valence-electron chi connectivity index (χ3n) is 3.01. The van der Waals surface area contributed by atoms with E-state index >= 15 is 0 Å². The lowest BCUT2D eigenvalue weighted by Crippen LogP contribution is -2.46. The van der Waals surface area contributed by atoms with Crippen LogP contribution in [0.2, 0.25) is 0 Å². The monoisotopic (exact) mass is 226 g/mol. The molecule has 0 aliphatic carbocycles. The van der Waals surface area contributed by atoms with Gasteiger partial charge in [-0.05, 0) is 26.7 Å². The highest BCUT2D eigenvalue weighted by Gasteiger charge is 2.14. The molecule has 1 N–H and O–H groups in total. The number of morpholine rings is 1. The molecule has 0 aromatic carbocycles. The lowest BCUT2D eigenvalue weighted by atomic mass is 10.1. The molecule has 0 amide bonds. The van der Waals surface area contributed by atoms with Crippen LogP contribution in [0.5, 0.6) is 0 Å². The molecule has 1 aliphatic heterocycles. The van der Waals surface area contributed by atoms with Gasteiger partial charge in [-0.25, -0.2) is 0 Å². The molecule has 16 heavy (non-hydrogen) atoms. The number of ether oxygens (including phenoxy) is 1. The average Bonchev–Trinajstić information content (AvgIpc) is 2.27. The van der Waals surface area contributed by atoms with Gasteiger partial charge in [-0.1, -0.05) is 6.08 Å². The SMILES string of the molecule is C=CCCC(C)NC(C)CN1CCOCC1. The Morgan fingerprint density at radius 1 is 1.31 bits per heavy atom. The number of rotatable bonds is 7. The summed E-state index contributed by atoms with van der Waals surface area (Å²) in [5, 5.41) is 3.63. The van der Waals surface area contributed by atoms with E-state index in [2.05, 4.69) is 30.6 Å². The van der Waals surface area contributed by atoms with Gasteiger partial charge in [0.15, 0.2) is 0 Å². The van der Waals surface area contributed by atoms with Gasteiger partial charge in [0.2, 0.25) is 0 Å². The molecule has 1 rings (SSSR count). The normalized spacial score (nSPS) is 21.6. The molecule has 0 bridgehead atoms. The molecule has 0 aromatic rings. The Hall–Kier alpha value is -0.380. The van der Waals surface area contributed by atoms with E-state index in [0.29, 0.717) is 12.1 Å². The zero-order chi connectivity index (χ0) is 11.8. The summed E-state index contributed by atoms with van der Waals surface area (Å²) in [6.45, 7) is 13.3. The van der Waals surface area contributed by atoms with Crippen LogP contribution in [0.4, 0.5) is 0 Å². The predicted octanol–water partition coefficient (Wildman–Crippen LogP) is 1.65. The van der Waals surface area contributed by atoms with E-state index in [4.69, 9.17) is 4.74 Å². The maximum absolute atomic E-state index is 5.34. The standard InChI is InChI=1S/C13H26N2O/c1-4-5-6-12(2)14-13(3)11-15-7-9-16-10-8-15/h4,12-14H,1,5-11H2,2-3H3. The highest BCUT2D eigenvalue weighted by atomic mass is 16.5. The Morgan fingerprint density at radius 3 is 2.62 bits per heavy atom. The van der Waals surface area contributed by atoms with Crippen LogP contribution in [0.3, 0.4) is 0 Å². The minimum absolute atomic E-state index is 0.554.